The quantitative estimate of drug-likeness (QED) is 0.703. The van der Waals surface area contributed by atoms with E-state index < -0.39 is 5.82 Å². The first kappa shape index (κ1) is 9.97. The molecule has 0 aliphatic carbocycles. The van der Waals surface area contributed by atoms with Crippen molar-refractivity contribution in [1.82, 2.24) is 0 Å². The van der Waals surface area contributed by atoms with E-state index >= 15 is 0 Å². The van der Waals surface area contributed by atoms with Crippen molar-refractivity contribution in [2.45, 2.75) is 13.8 Å². The minimum absolute atomic E-state index is 0.122. The van der Waals surface area contributed by atoms with Crippen LogP contribution in [0.2, 0.25) is 0 Å². The van der Waals surface area contributed by atoms with Crippen LogP contribution < -0.4 is 4.90 Å². The number of hydrogen-bond donors (Lipinski definition) is 0. The molecule has 0 spiro atoms. The van der Waals surface area contributed by atoms with E-state index in [1.165, 1.54) is 6.07 Å². The molecule has 2 rings (SSSR count). The fourth-order valence-corrected chi connectivity index (χ4v) is 1.97. The Morgan fingerprint density at radius 3 is 2.60 bits per heavy atom. The van der Waals surface area contributed by atoms with Gasteiger partial charge in [0.05, 0.1) is 5.56 Å². The Hall–Kier alpha value is -1.56. The van der Waals surface area contributed by atoms with E-state index in [0.717, 1.165) is 18.8 Å². The van der Waals surface area contributed by atoms with E-state index in [2.05, 4.69) is 18.7 Å². The Morgan fingerprint density at radius 1 is 1.40 bits per heavy atom. The number of hydrogen-bond acceptors (Lipinski definition) is 2. The summed E-state index contributed by atoms with van der Waals surface area (Å²) in [5.41, 5.74) is 1.39. The molecular weight excluding hydrogens is 191 g/mol. The fourth-order valence-electron chi connectivity index (χ4n) is 1.97. The van der Waals surface area contributed by atoms with Gasteiger partial charge in [-0.15, -0.1) is 0 Å². The van der Waals surface area contributed by atoms with Gasteiger partial charge in [0.25, 0.3) is 0 Å². The summed E-state index contributed by atoms with van der Waals surface area (Å²) in [6, 6.07) is 6.56. The van der Waals surface area contributed by atoms with Crippen molar-refractivity contribution in [2.75, 3.05) is 18.0 Å². The molecule has 0 aromatic heterocycles. The van der Waals surface area contributed by atoms with Gasteiger partial charge in [-0.3, -0.25) is 0 Å². The van der Waals surface area contributed by atoms with Gasteiger partial charge in [-0.25, -0.2) is 4.39 Å². The molecule has 3 heteroatoms. The first-order chi connectivity index (χ1) is 7.02. The van der Waals surface area contributed by atoms with Crippen molar-refractivity contribution in [1.29, 1.82) is 5.26 Å². The summed E-state index contributed by atoms with van der Waals surface area (Å²) in [6.45, 7) is 6.31. The first-order valence-electron chi connectivity index (χ1n) is 4.96. The highest BCUT2D eigenvalue weighted by Gasteiger charge is 2.34. The minimum atomic E-state index is -0.443. The van der Waals surface area contributed by atoms with Crippen molar-refractivity contribution in [3.8, 4) is 6.07 Å². The molecule has 1 aromatic rings. The summed E-state index contributed by atoms with van der Waals surface area (Å²) in [4.78, 5) is 2.15. The predicted octanol–water partition coefficient (Wildman–Crippen LogP) is 2.54. The highest BCUT2D eigenvalue weighted by molar-refractivity contribution is 5.54. The second-order valence-corrected chi connectivity index (χ2v) is 4.80. The summed E-state index contributed by atoms with van der Waals surface area (Å²) in [5, 5.41) is 8.71. The number of nitriles is 1. The molecule has 1 aromatic carbocycles. The molecule has 1 aliphatic heterocycles. The molecular formula is C12H13FN2. The molecule has 1 saturated heterocycles. The number of benzene rings is 1. The normalized spacial score (nSPS) is 18.1. The molecule has 1 fully saturated rings. The van der Waals surface area contributed by atoms with Crippen molar-refractivity contribution in [3.05, 3.63) is 29.6 Å². The number of anilines is 1. The molecule has 0 atom stereocenters. The summed E-state index contributed by atoms with van der Waals surface area (Å²) in [7, 11) is 0. The molecule has 15 heavy (non-hydrogen) atoms. The van der Waals surface area contributed by atoms with Gasteiger partial charge in [0, 0.05) is 18.8 Å². The van der Waals surface area contributed by atoms with Crippen LogP contribution in [0.3, 0.4) is 0 Å². The monoisotopic (exact) mass is 204 g/mol. The van der Waals surface area contributed by atoms with Crippen LogP contribution in [-0.2, 0) is 0 Å². The number of rotatable bonds is 1. The lowest BCUT2D eigenvalue weighted by Crippen LogP contribution is -2.53. The molecule has 1 heterocycles. The van der Waals surface area contributed by atoms with Crippen LogP contribution >= 0.6 is 0 Å². The molecule has 0 saturated carbocycles. The molecule has 2 nitrogen and oxygen atoms in total. The Morgan fingerprint density at radius 2 is 2.07 bits per heavy atom. The molecule has 0 bridgehead atoms. The molecule has 0 amide bonds. The fraction of sp³-hybridized carbons (Fsp3) is 0.417. The Balaban J connectivity index is 2.22. The van der Waals surface area contributed by atoms with Crippen molar-refractivity contribution in [2.24, 2.45) is 5.41 Å². The van der Waals surface area contributed by atoms with Gasteiger partial charge in [-0.2, -0.15) is 5.26 Å². The van der Waals surface area contributed by atoms with Crippen LogP contribution in [0.1, 0.15) is 19.4 Å². The largest absolute Gasteiger partial charge is 0.370 e. The molecule has 0 unspecified atom stereocenters. The average Bonchev–Trinajstić information content (AvgIpc) is 2.15. The van der Waals surface area contributed by atoms with E-state index in [1.807, 2.05) is 6.07 Å². The zero-order valence-corrected chi connectivity index (χ0v) is 8.92. The zero-order valence-electron chi connectivity index (χ0n) is 8.92. The number of nitrogens with zero attached hydrogens (tertiary/aromatic N) is 2. The second-order valence-electron chi connectivity index (χ2n) is 4.80. The predicted molar refractivity (Wildman–Crippen MR) is 57.1 cm³/mol. The average molecular weight is 204 g/mol. The smallest absolute Gasteiger partial charge is 0.141 e. The Bertz CT molecular complexity index is 424. The molecule has 0 N–H and O–H groups in total. The lowest BCUT2D eigenvalue weighted by Gasteiger charge is -2.47. The van der Waals surface area contributed by atoms with E-state index in [0.29, 0.717) is 5.41 Å². The zero-order chi connectivity index (χ0) is 11.1. The molecule has 0 radical (unpaired) electrons. The topological polar surface area (TPSA) is 27.0 Å². The van der Waals surface area contributed by atoms with Crippen LogP contribution in [0.4, 0.5) is 10.1 Å². The van der Waals surface area contributed by atoms with Crippen molar-refractivity contribution in [3.63, 3.8) is 0 Å². The Kier molecular flexibility index (Phi) is 2.15. The van der Waals surface area contributed by atoms with Crippen molar-refractivity contribution >= 4 is 5.69 Å². The van der Waals surface area contributed by atoms with Crippen LogP contribution in [0.25, 0.3) is 0 Å². The lowest BCUT2D eigenvalue weighted by atomic mass is 9.84. The molecule has 78 valence electrons. The molecule has 1 aliphatic rings. The van der Waals surface area contributed by atoms with Crippen LogP contribution in [0, 0.1) is 22.6 Å². The summed E-state index contributed by atoms with van der Waals surface area (Å²) in [6.07, 6.45) is 0. The van der Waals surface area contributed by atoms with Crippen LogP contribution in [0.5, 0.6) is 0 Å². The van der Waals surface area contributed by atoms with E-state index in [4.69, 9.17) is 5.26 Å². The maximum atomic E-state index is 13.1. The van der Waals surface area contributed by atoms with Crippen molar-refractivity contribution < 1.29 is 4.39 Å². The third-order valence-corrected chi connectivity index (χ3v) is 2.67. The van der Waals surface area contributed by atoms with Gasteiger partial charge in [-0.05, 0) is 23.6 Å². The van der Waals surface area contributed by atoms with E-state index in [9.17, 15) is 4.39 Å². The summed E-state index contributed by atoms with van der Waals surface area (Å²) in [5.74, 6) is -0.443. The van der Waals surface area contributed by atoms with Gasteiger partial charge in [0.15, 0.2) is 0 Å². The maximum absolute atomic E-state index is 13.1. The van der Waals surface area contributed by atoms with Gasteiger partial charge >= 0.3 is 0 Å². The minimum Gasteiger partial charge on any atom is -0.370 e. The third kappa shape index (κ3) is 1.80. The SMILES string of the molecule is CC1(C)CN(c2ccc(F)c(C#N)c2)C1. The first-order valence-corrected chi connectivity index (χ1v) is 4.96. The maximum Gasteiger partial charge on any atom is 0.141 e. The van der Waals surface area contributed by atoms with Gasteiger partial charge in [0.1, 0.15) is 11.9 Å². The summed E-state index contributed by atoms with van der Waals surface area (Å²) >= 11 is 0. The highest BCUT2D eigenvalue weighted by Crippen LogP contribution is 2.33. The lowest BCUT2D eigenvalue weighted by molar-refractivity contribution is 0.276. The van der Waals surface area contributed by atoms with Crippen LogP contribution in [-0.4, -0.2) is 13.1 Å². The summed E-state index contributed by atoms with van der Waals surface area (Å²) < 4.78 is 13.1. The van der Waals surface area contributed by atoms with Gasteiger partial charge in [-0.1, -0.05) is 13.8 Å². The highest BCUT2D eigenvalue weighted by atomic mass is 19.1. The standard InChI is InChI=1S/C12H13FN2/c1-12(2)7-15(8-12)10-3-4-11(13)9(5-10)6-14/h3-5H,7-8H2,1-2H3. The number of halogens is 1. The van der Waals surface area contributed by atoms with Crippen LogP contribution in [0.15, 0.2) is 18.2 Å². The van der Waals surface area contributed by atoms with E-state index in [-0.39, 0.29) is 5.56 Å². The van der Waals surface area contributed by atoms with E-state index in [1.54, 1.807) is 12.1 Å². The second kappa shape index (κ2) is 3.23. The Labute approximate surface area is 88.9 Å². The van der Waals surface area contributed by atoms with Gasteiger partial charge < -0.3 is 4.90 Å². The third-order valence-electron chi connectivity index (χ3n) is 2.67. The van der Waals surface area contributed by atoms with Gasteiger partial charge in [0.2, 0.25) is 0 Å².